The summed E-state index contributed by atoms with van der Waals surface area (Å²) in [5.41, 5.74) is 0. The van der Waals surface area contributed by atoms with Gasteiger partial charge in [-0.15, -0.1) is 47.0 Å². The second-order valence-electron chi connectivity index (χ2n) is 8.22. The van der Waals surface area contributed by atoms with Crippen LogP contribution < -0.4 is 0 Å². The van der Waals surface area contributed by atoms with Gasteiger partial charge in [0.1, 0.15) is 0 Å². The van der Waals surface area contributed by atoms with E-state index in [0.29, 0.717) is 10.5 Å². The van der Waals surface area contributed by atoms with E-state index in [1.165, 1.54) is 29.4 Å². The Hall–Kier alpha value is -0.670. The van der Waals surface area contributed by atoms with E-state index >= 15 is 0 Å². The van der Waals surface area contributed by atoms with Crippen LogP contribution in [-0.4, -0.2) is 33.5 Å². The lowest BCUT2D eigenvalue weighted by molar-refractivity contribution is 1.15. The standard InChI is InChI=1S/C30H30S7/c31-23(19-33-25-7-3-1-4-8-25)21-35-27-11-15-29(16-12-27)37-30-17-13-28(14-18-30)36-22-24(32)20-34-26-9-5-2-6-10-26/h1-18,23-24,31-32H,19-22H2. The molecule has 0 amide bonds. The molecule has 7 heteroatoms. The quantitative estimate of drug-likeness (QED) is 0.107. The molecule has 0 saturated heterocycles. The fourth-order valence-electron chi connectivity index (χ4n) is 3.24. The largest absolute Gasteiger partial charge is 0.174 e. The van der Waals surface area contributed by atoms with Crippen LogP contribution in [0.3, 0.4) is 0 Å². The average molecular weight is 615 g/mol. The zero-order valence-corrected chi connectivity index (χ0v) is 26.2. The van der Waals surface area contributed by atoms with Crippen molar-refractivity contribution >= 4 is 84.1 Å². The number of hydrogen-bond acceptors (Lipinski definition) is 7. The Morgan fingerprint density at radius 1 is 0.378 bits per heavy atom. The van der Waals surface area contributed by atoms with Gasteiger partial charge in [0.2, 0.25) is 0 Å². The van der Waals surface area contributed by atoms with Crippen molar-refractivity contribution in [3.8, 4) is 0 Å². The first-order valence-electron chi connectivity index (χ1n) is 12.0. The molecule has 2 atom stereocenters. The second kappa shape index (κ2) is 16.4. The van der Waals surface area contributed by atoms with E-state index in [1.807, 2.05) is 58.8 Å². The molecular formula is C30H30S7. The summed E-state index contributed by atoms with van der Waals surface area (Å²) in [6.07, 6.45) is 0. The van der Waals surface area contributed by atoms with Crippen molar-refractivity contribution in [1.82, 2.24) is 0 Å². The van der Waals surface area contributed by atoms with E-state index in [2.05, 4.69) is 109 Å². The molecule has 37 heavy (non-hydrogen) atoms. The van der Waals surface area contributed by atoms with Crippen LogP contribution >= 0.6 is 84.1 Å². The molecule has 0 saturated carbocycles. The number of hydrogen-bond donors (Lipinski definition) is 2. The number of rotatable bonds is 14. The molecule has 4 aromatic carbocycles. The summed E-state index contributed by atoms with van der Waals surface area (Å²) in [5, 5.41) is 0.724. The van der Waals surface area contributed by atoms with Gasteiger partial charge in [0, 0.05) is 62.9 Å². The van der Waals surface area contributed by atoms with Crippen LogP contribution in [0.25, 0.3) is 0 Å². The summed E-state index contributed by atoms with van der Waals surface area (Å²) in [6.45, 7) is 0. The van der Waals surface area contributed by atoms with E-state index in [4.69, 9.17) is 25.3 Å². The van der Waals surface area contributed by atoms with Crippen LogP contribution in [-0.2, 0) is 0 Å². The average Bonchev–Trinajstić information content (AvgIpc) is 2.95. The van der Waals surface area contributed by atoms with E-state index in [-0.39, 0.29) is 0 Å². The molecule has 4 rings (SSSR count). The molecule has 0 bridgehead atoms. The van der Waals surface area contributed by atoms with Crippen LogP contribution in [0.5, 0.6) is 0 Å². The van der Waals surface area contributed by atoms with Gasteiger partial charge in [-0.2, -0.15) is 25.3 Å². The highest BCUT2D eigenvalue weighted by atomic mass is 32.2. The van der Waals surface area contributed by atoms with Crippen LogP contribution in [0.4, 0.5) is 0 Å². The lowest BCUT2D eigenvalue weighted by Gasteiger charge is -2.11. The van der Waals surface area contributed by atoms with Gasteiger partial charge in [0.15, 0.2) is 0 Å². The molecule has 0 aliphatic rings. The van der Waals surface area contributed by atoms with Crippen molar-refractivity contribution in [2.24, 2.45) is 0 Å². The molecule has 0 nitrogen and oxygen atoms in total. The molecular weight excluding hydrogens is 585 g/mol. The molecule has 0 heterocycles. The number of thiol groups is 2. The molecule has 0 spiro atoms. The highest BCUT2D eigenvalue weighted by Gasteiger charge is 2.08. The first-order valence-corrected chi connectivity index (χ1v) is 17.8. The van der Waals surface area contributed by atoms with Crippen LogP contribution in [0, 0.1) is 0 Å². The topological polar surface area (TPSA) is 0 Å². The highest BCUT2D eigenvalue weighted by Crippen LogP contribution is 2.32. The molecule has 0 aliphatic carbocycles. The molecule has 2 unspecified atom stereocenters. The number of thioether (sulfide) groups is 4. The predicted molar refractivity (Wildman–Crippen MR) is 178 cm³/mol. The Kier molecular flexibility index (Phi) is 13.0. The Morgan fingerprint density at radius 2 is 0.649 bits per heavy atom. The Balaban J connectivity index is 1.15. The normalized spacial score (nSPS) is 12.8. The summed E-state index contributed by atoms with van der Waals surface area (Å²) in [7, 11) is 0. The molecule has 0 aliphatic heterocycles. The Morgan fingerprint density at radius 3 is 0.973 bits per heavy atom. The van der Waals surface area contributed by atoms with Crippen molar-refractivity contribution in [3.63, 3.8) is 0 Å². The second-order valence-corrected chi connectivity index (χ2v) is 15.2. The third-order valence-corrected chi connectivity index (χ3v) is 12.6. The Labute approximate surface area is 254 Å². The fraction of sp³-hybridized carbons (Fsp3) is 0.200. The third kappa shape index (κ3) is 11.1. The van der Waals surface area contributed by atoms with E-state index < -0.39 is 0 Å². The van der Waals surface area contributed by atoms with Crippen molar-refractivity contribution in [2.45, 2.75) is 39.9 Å². The third-order valence-electron chi connectivity index (χ3n) is 5.14. The van der Waals surface area contributed by atoms with Crippen molar-refractivity contribution in [3.05, 3.63) is 109 Å². The molecule has 0 N–H and O–H groups in total. The minimum Gasteiger partial charge on any atom is -0.174 e. The predicted octanol–water partition coefficient (Wildman–Crippen LogP) is 10.2. The van der Waals surface area contributed by atoms with Crippen molar-refractivity contribution < 1.29 is 0 Å². The summed E-state index contributed by atoms with van der Waals surface area (Å²) in [4.78, 5) is 7.74. The van der Waals surface area contributed by atoms with E-state index in [0.717, 1.165) is 23.0 Å². The van der Waals surface area contributed by atoms with Gasteiger partial charge >= 0.3 is 0 Å². The fourth-order valence-corrected chi connectivity index (χ4v) is 8.62. The summed E-state index contributed by atoms with van der Waals surface area (Å²) >= 11 is 18.9. The first kappa shape index (κ1) is 29.3. The zero-order valence-electron chi connectivity index (χ0n) is 20.3. The monoisotopic (exact) mass is 614 g/mol. The van der Waals surface area contributed by atoms with Gasteiger partial charge in [0.25, 0.3) is 0 Å². The molecule has 0 aromatic heterocycles. The lowest BCUT2D eigenvalue weighted by Crippen LogP contribution is -2.05. The maximum Gasteiger partial charge on any atom is 0.0205 e. The van der Waals surface area contributed by atoms with Crippen LogP contribution in [0.15, 0.2) is 139 Å². The van der Waals surface area contributed by atoms with Gasteiger partial charge in [-0.25, -0.2) is 0 Å². The molecule has 0 fully saturated rings. The van der Waals surface area contributed by atoms with Gasteiger partial charge in [0.05, 0.1) is 0 Å². The number of benzene rings is 4. The maximum atomic E-state index is 4.78. The van der Waals surface area contributed by atoms with Gasteiger partial charge < -0.3 is 0 Å². The Bertz CT molecular complexity index is 1070. The summed E-state index contributed by atoms with van der Waals surface area (Å²) in [5.74, 6) is 4.05. The first-order chi connectivity index (χ1) is 18.1. The minimum atomic E-state index is 0.362. The van der Waals surface area contributed by atoms with E-state index in [1.54, 1.807) is 0 Å². The molecule has 4 aromatic rings. The van der Waals surface area contributed by atoms with Gasteiger partial charge in [-0.3, -0.25) is 0 Å². The van der Waals surface area contributed by atoms with E-state index in [9.17, 15) is 0 Å². The summed E-state index contributed by atoms with van der Waals surface area (Å²) < 4.78 is 0. The van der Waals surface area contributed by atoms with Crippen LogP contribution in [0.2, 0.25) is 0 Å². The maximum absolute atomic E-state index is 4.78. The van der Waals surface area contributed by atoms with Crippen LogP contribution in [0.1, 0.15) is 0 Å². The van der Waals surface area contributed by atoms with Gasteiger partial charge in [-0.1, -0.05) is 48.2 Å². The highest BCUT2D eigenvalue weighted by molar-refractivity contribution is 8.02. The lowest BCUT2D eigenvalue weighted by atomic mass is 10.4. The minimum absolute atomic E-state index is 0.362. The molecule has 192 valence electrons. The van der Waals surface area contributed by atoms with Crippen molar-refractivity contribution in [2.75, 3.05) is 23.0 Å². The smallest absolute Gasteiger partial charge is 0.0205 e. The van der Waals surface area contributed by atoms with Gasteiger partial charge in [-0.05, 0) is 72.8 Å². The SMILES string of the molecule is SC(CSc1ccccc1)CSc1ccc(Sc2ccc(SCC(S)CSc3ccccc3)cc2)cc1. The summed E-state index contributed by atoms with van der Waals surface area (Å²) in [6, 6.07) is 38.9. The van der Waals surface area contributed by atoms with Crippen molar-refractivity contribution in [1.29, 1.82) is 0 Å². The molecule has 0 radical (unpaired) electrons. The zero-order chi connectivity index (χ0) is 25.7.